The van der Waals surface area contributed by atoms with Crippen molar-refractivity contribution in [3.05, 3.63) is 39.6 Å². The van der Waals surface area contributed by atoms with E-state index >= 15 is 0 Å². The molecule has 1 heterocycles. The number of benzene rings is 1. The molecule has 2 rings (SSSR count). The Bertz CT molecular complexity index is 579. The van der Waals surface area contributed by atoms with Crippen LogP contribution in [0.3, 0.4) is 0 Å². The third-order valence-electron chi connectivity index (χ3n) is 2.27. The third-order valence-corrected chi connectivity index (χ3v) is 3.08. The molecule has 0 aliphatic carbocycles. The predicted octanol–water partition coefficient (Wildman–Crippen LogP) is 3.28. The molecule has 1 aromatic carbocycles. The van der Waals surface area contributed by atoms with Gasteiger partial charge in [0, 0.05) is 4.47 Å². The second-order valence-corrected chi connectivity index (χ2v) is 4.80. The van der Waals surface area contributed by atoms with Gasteiger partial charge in [-0.15, -0.1) is 0 Å². The van der Waals surface area contributed by atoms with Gasteiger partial charge in [0.05, 0.1) is 10.6 Å². The van der Waals surface area contributed by atoms with E-state index < -0.39 is 0 Å². The molecule has 94 valence electrons. The summed E-state index contributed by atoms with van der Waals surface area (Å²) in [4.78, 5) is 8.02. The highest BCUT2D eigenvalue weighted by Gasteiger charge is 2.10. The van der Waals surface area contributed by atoms with Crippen LogP contribution in [0.1, 0.15) is 5.56 Å². The summed E-state index contributed by atoms with van der Waals surface area (Å²) in [5.74, 6) is 6.75. The molecule has 2 aromatic rings. The van der Waals surface area contributed by atoms with Gasteiger partial charge in [-0.3, -0.25) is 0 Å². The lowest BCUT2D eigenvalue weighted by atomic mass is 10.3. The molecule has 0 bridgehead atoms. The summed E-state index contributed by atoms with van der Waals surface area (Å²) in [7, 11) is 0. The van der Waals surface area contributed by atoms with Crippen LogP contribution in [0.15, 0.2) is 29.0 Å². The normalized spacial score (nSPS) is 10.2. The van der Waals surface area contributed by atoms with E-state index in [1.54, 1.807) is 19.1 Å². The van der Waals surface area contributed by atoms with Gasteiger partial charge in [-0.05, 0) is 25.1 Å². The fraction of sp³-hybridized carbons (Fsp3) is 0.0909. The summed E-state index contributed by atoms with van der Waals surface area (Å²) in [5, 5.41) is 0.499. The van der Waals surface area contributed by atoms with Crippen LogP contribution in [0.2, 0.25) is 5.02 Å². The molecule has 0 atom stereocenters. The fourth-order valence-electron chi connectivity index (χ4n) is 1.34. The largest absolute Gasteiger partial charge is 0.437 e. The number of ether oxygens (including phenoxy) is 1. The number of hydrazine groups is 1. The summed E-state index contributed by atoms with van der Waals surface area (Å²) in [5.41, 5.74) is 3.18. The molecule has 18 heavy (non-hydrogen) atoms. The fourth-order valence-corrected chi connectivity index (χ4v) is 1.84. The first-order valence-electron chi connectivity index (χ1n) is 5.03. The molecule has 5 nitrogen and oxygen atoms in total. The van der Waals surface area contributed by atoms with E-state index in [9.17, 15) is 0 Å². The lowest BCUT2D eigenvalue weighted by Gasteiger charge is -2.11. The van der Waals surface area contributed by atoms with Gasteiger partial charge in [0.25, 0.3) is 0 Å². The maximum absolute atomic E-state index is 6.04. The number of anilines is 1. The van der Waals surface area contributed by atoms with Gasteiger partial charge in [0.15, 0.2) is 0 Å². The lowest BCUT2D eigenvalue weighted by molar-refractivity contribution is 0.457. The zero-order valence-electron chi connectivity index (χ0n) is 9.45. The van der Waals surface area contributed by atoms with E-state index in [0.29, 0.717) is 28.0 Å². The van der Waals surface area contributed by atoms with Crippen LogP contribution < -0.4 is 16.0 Å². The second kappa shape index (κ2) is 5.51. The first-order chi connectivity index (χ1) is 8.61. The van der Waals surface area contributed by atoms with Gasteiger partial charge >= 0.3 is 0 Å². The molecule has 0 amide bonds. The molecule has 0 aliphatic heterocycles. The number of hydrogen-bond acceptors (Lipinski definition) is 5. The Kier molecular flexibility index (Phi) is 4.00. The van der Waals surface area contributed by atoms with Gasteiger partial charge < -0.3 is 10.2 Å². The molecular weight excluding hydrogens is 320 g/mol. The van der Waals surface area contributed by atoms with Gasteiger partial charge in [-0.2, -0.15) is 0 Å². The minimum Gasteiger partial charge on any atom is -0.437 e. The monoisotopic (exact) mass is 328 g/mol. The maximum atomic E-state index is 6.04. The standard InChI is InChI=1S/C11H10BrClN4O/c1-6-10(17-14)15-5-16-11(6)18-9-4-7(12)2-3-8(9)13/h2-5H,14H2,1H3,(H,15,16,17). The average molecular weight is 330 g/mol. The van der Waals surface area contributed by atoms with Crippen LogP contribution in [0.4, 0.5) is 5.82 Å². The third kappa shape index (κ3) is 2.72. The molecule has 0 unspecified atom stereocenters. The second-order valence-electron chi connectivity index (χ2n) is 3.47. The van der Waals surface area contributed by atoms with Crippen LogP contribution in [0.25, 0.3) is 0 Å². The predicted molar refractivity (Wildman–Crippen MR) is 73.8 cm³/mol. The van der Waals surface area contributed by atoms with Crippen LogP contribution in [-0.2, 0) is 0 Å². The quantitative estimate of drug-likeness (QED) is 0.668. The lowest BCUT2D eigenvalue weighted by Crippen LogP contribution is -2.11. The van der Waals surface area contributed by atoms with E-state index in [1.807, 2.05) is 6.07 Å². The molecule has 0 fully saturated rings. The first-order valence-corrected chi connectivity index (χ1v) is 6.20. The SMILES string of the molecule is Cc1c(NN)ncnc1Oc1cc(Br)ccc1Cl. The van der Waals surface area contributed by atoms with Crippen molar-refractivity contribution < 1.29 is 4.74 Å². The maximum Gasteiger partial charge on any atom is 0.227 e. The minimum absolute atomic E-state index is 0.401. The van der Waals surface area contributed by atoms with Crippen molar-refractivity contribution >= 4 is 33.3 Å². The summed E-state index contributed by atoms with van der Waals surface area (Å²) in [6.45, 7) is 1.80. The van der Waals surface area contributed by atoms with E-state index in [4.69, 9.17) is 22.2 Å². The number of halogens is 2. The summed E-state index contributed by atoms with van der Waals surface area (Å²) in [6, 6.07) is 5.33. The number of rotatable bonds is 3. The van der Waals surface area contributed by atoms with Gasteiger partial charge in [-0.1, -0.05) is 27.5 Å². The number of nitrogens with zero attached hydrogens (tertiary/aromatic N) is 2. The number of nitrogens with one attached hydrogen (secondary N) is 1. The van der Waals surface area contributed by atoms with Crippen molar-refractivity contribution in [2.24, 2.45) is 5.84 Å². The minimum atomic E-state index is 0.401. The summed E-state index contributed by atoms with van der Waals surface area (Å²) < 4.78 is 6.52. The Hall–Kier alpha value is -1.37. The zero-order chi connectivity index (χ0) is 13.1. The zero-order valence-corrected chi connectivity index (χ0v) is 11.8. The molecule has 1 aromatic heterocycles. The van der Waals surface area contributed by atoms with Crippen molar-refractivity contribution in [2.75, 3.05) is 5.43 Å². The van der Waals surface area contributed by atoms with Crippen molar-refractivity contribution in [1.29, 1.82) is 0 Å². The molecule has 0 spiro atoms. The first kappa shape index (κ1) is 13.1. The molecule has 0 aliphatic rings. The van der Waals surface area contributed by atoms with Gasteiger partial charge in [0.2, 0.25) is 5.88 Å². The van der Waals surface area contributed by atoms with E-state index in [0.717, 1.165) is 4.47 Å². The van der Waals surface area contributed by atoms with Gasteiger partial charge in [0.1, 0.15) is 17.9 Å². The Labute approximate surface area is 117 Å². The van der Waals surface area contributed by atoms with Crippen LogP contribution in [0.5, 0.6) is 11.6 Å². The Balaban J connectivity index is 2.37. The average Bonchev–Trinajstić information content (AvgIpc) is 2.36. The summed E-state index contributed by atoms with van der Waals surface area (Å²) >= 11 is 9.40. The smallest absolute Gasteiger partial charge is 0.227 e. The Morgan fingerprint density at radius 1 is 1.39 bits per heavy atom. The number of nitrogen functional groups attached to an aromatic ring is 1. The van der Waals surface area contributed by atoms with Crippen molar-refractivity contribution in [3.8, 4) is 11.6 Å². The molecule has 0 saturated heterocycles. The van der Waals surface area contributed by atoms with Crippen LogP contribution >= 0.6 is 27.5 Å². The highest BCUT2D eigenvalue weighted by atomic mass is 79.9. The van der Waals surface area contributed by atoms with Crippen molar-refractivity contribution in [1.82, 2.24) is 9.97 Å². The van der Waals surface area contributed by atoms with E-state index in [2.05, 4.69) is 31.3 Å². The molecule has 0 saturated carbocycles. The van der Waals surface area contributed by atoms with Crippen LogP contribution in [-0.4, -0.2) is 9.97 Å². The Morgan fingerprint density at radius 2 is 2.17 bits per heavy atom. The molecule has 7 heteroatoms. The van der Waals surface area contributed by atoms with Crippen molar-refractivity contribution in [2.45, 2.75) is 6.92 Å². The Morgan fingerprint density at radius 3 is 2.89 bits per heavy atom. The molecular formula is C11H10BrClN4O. The number of nitrogens with two attached hydrogens (primary N) is 1. The summed E-state index contributed by atoms with van der Waals surface area (Å²) in [6.07, 6.45) is 1.36. The molecule has 0 radical (unpaired) electrons. The van der Waals surface area contributed by atoms with Crippen LogP contribution in [0, 0.1) is 6.92 Å². The number of aromatic nitrogens is 2. The molecule has 3 N–H and O–H groups in total. The highest BCUT2D eigenvalue weighted by molar-refractivity contribution is 9.10. The van der Waals surface area contributed by atoms with E-state index in [1.165, 1.54) is 6.33 Å². The number of hydrogen-bond donors (Lipinski definition) is 2. The van der Waals surface area contributed by atoms with Gasteiger partial charge in [-0.25, -0.2) is 15.8 Å². The topological polar surface area (TPSA) is 73.1 Å². The van der Waals surface area contributed by atoms with Crippen molar-refractivity contribution in [3.63, 3.8) is 0 Å². The highest BCUT2D eigenvalue weighted by Crippen LogP contribution is 2.33. The van der Waals surface area contributed by atoms with E-state index in [-0.39, 0.29) is 0 Å².